The highest BCUT2D eigenvalue weighted by molar-refractivity contribution is 7.99. The quantitative estimate of drug-likeness (QED) is 0.217. The van der Waals surface area contributed by atoms with Crippen molar-refractivity contribution in [1.82, 2.24) is 25.1 Å². The minimum absolute atomic E-state index is 0.227. The zero-order valence-electron chi connectivity index (χ0n) is 14.2. The number of rotatable bonds is 6. The van der Waals surface area contributed by atoms with Gasteiger partial charge in [-0.05, 0) is 48.2 Å². The van der Waals surface area contributed by atoms with Gasteiger partial charge in [0.05, 0.1) is 11.8 Å². The van der Waals surface area contributed by atoms with Crippen LogP contribution in [0.3, 0.4) is 0 Å². The van der Waals surface area contributed by atoms with E-state index in [-0.39, 0.29) is 5.56 Å². The Morgan fingerprint density at radius 1 is 1.33 bits per heavy atom. The van der Waals surface area contributed by atoms with Crippen molar-refractivity contribution in [1.29, 1.82) is 0 Å². The third-order valence-electron chi connectivity index (χ3n) is 3.34. The van der Waals surface area contributed by atoms with Gasteiger partial charge < -0.3 is 5.32 Å². The summed E-state index contributed by atoms with van der Waals surface area (Å²) in [5, 5.41) is 8.53. The fourth-order valence-corrected chi connectivity index (χ4v) is 3.12. The van der Waals surface area contributed by atoms with Crippen LogP contribution in [0.4, 0.5) is 0 Å². The Bertz CT molecular complexity index is 1050. The molecule has 0 aliphatic heterocycles. The van der Waals surface area contributed by atoms with Crippen molar-refractivity contribution in [3.05, 3.63) is 77.4 Å². The Balaban J connectivity index is 1.96. The lowest BCUT2D eigenvalue weighted by molar-refractivity contribution is 0.934. The van der Waals surface area contributed by atoms with Crippen LogP contribution in [-0.2, 0) is 0 Å². The number of nitrogens with one attached hydrogen (secondary N) is 2. The number of nitrogens with zero attached hydrogens (tertiary/aromatic N) is 4. The predicted octanol–water partition coefficient (Wildman–Crippen LogP) is 2.22. The van der Waals surface area contributed by atoms with Crippen LogP contribution in [0, 0.1) is 0 Å². The van der Waals surface area contributed by atoms with Gasteiger partial charge in [-0.25, -0.2) is 9.97 Å². The van der Waals surface area contributed by atoms with Crippen LogP contribution < -0.4 is 16.3 Å². The Kier molecular flexibility index (Phi) is 6.29. The summed E-state index contributed by atoms with van der Waals surface area (Å²) in [6, 6.07) is 10.9. The van der Waals surface area contributed by atoms with Gasteiger partial charge in [0.2, 0.25) is 0 Å². The second-order valence-electron chi connectivity index (χ2n) is 5.20. The molecule has 0 atom stereocenters. The van der Waals surface area contributed by atoms with E-state index in [4.69, 9.17) is 12.2 Å². The molecule has 27 heavy (non-hydrogen) atoms. The third kappa shape index (κ3) is 4.78. The molecule has 0 radical (unpaired) electrons. The van der Waals surface area contributed by atoms with E-state index < -0.39 is 0 Å². The fraction of sp³-hybridized carbons (Fsp3) is 0.0556. The van der Waals surface area contributed by atoms with Crippen molar-refractivity contribution in [2.24, 2.45) is 5.10 Å². The Labute approximate surface area is 165 Å². The van der Waals surface area contributed by atoms with Gasteiger partial charge in [-0.1, -0.05) is 18.2 Å². The third-order valence-corrected chi connectivity index (χ3v) is 4.53. The summed E-state index contributed by atoms with van der Waals surface area (Å²) in [4.78, 5) is 21.8. The van der Waals surface area contributed by atoms with Crippen LogP contribution >= 0.6 is 24.0 Å². The van der Waals surface area contributed by atoms with Crippen LogP contribution in [0.15, 0.2) is 81.4 Å². The number of pyridine rings is 2. The Morgan fingerprint density at radius 3 is 2.96 bits per heavy atom. The zero-order valence-corrected chi connectivity index (χ0v) is 15.8. The molecule has 0 aliphatic rings. The molecule has 0 unspecified atom stereocenters. The lowest BCUT2D eigenvalue weighted by atomic mass is 10.3. The second kappa shape index (κ2) is 9.06. The summed E-state index contributed by atoms with van der Waals surface area (Å²) >= 11 is 6.38. The van der Waals surface area contributed by atoms with Gasteiger partial charge in [0.25, 0.3) is 5.56 Å². The van der Waals surface area contributed by atoms with E-state index in [1.165, 1.54) is 22.4 Å². The molecule has 0 saturated heterocycles. The van der Waals surface area contributed by atoms with Crippen LogP contribution in [0.1, 0.15) is 5.56 Å². The van der Waals surface area contributed by atoms with E-state index in [0.29, 0.717) is 27.9 Å². The van der Waals surface area contributed by atoms with E-state index >= 15 is 0 Å². The maximum absolute atomic E-state index is 12.9. The number of aromatic nitrogens is 3. The van der Waals surface area contributed by atoms with Crippen LogP contribution in [0.5, 0.6) is 0 Å². The van der Waals surface area contributed by atoms with Gasteiger partial charge in [0.1, 0.15) is 15.7 Å². The molecular weight excluding hydrogens is 380 g/mol. The molecule has 3 rings (SSSR count). The molecular formula is C18H16N6OS2. The van der Waals surface area contributed by atoms with Crippen molar-refractivity contribution < 1.29 is 0 Å². The molecule has 0 aliphatic carbocycles. The first kappa shape index (κ1) is 18.7. The summed E-state index contributed by atoms with van der Waals surface area (Å²) < 4.78 is 1.47. The number of hydrazone groups is 1. The molecule has 136 valence electrons. The minimum atomic E-state index is -0.227. The number of fused-ring (bicyclic) bond motifs is 1. The molecule has 3 heterocycles. The second-order valence-corrected chi connectivity index (χ2v) is 6.62. The van der Waals surface area contributed by atoms with E-state index in [1.807, 2.05) is 24.3 Å². The first-order valence-electron chi connectivity index (χ1n) is 7.97. The highest BCUT2D eigenvalue weighted by atomic mass is 32.2. The predicted molar refractivity (Wildman–Crippen MR) is 111 cm³/mol. The number of hydrogen-bond acceptors (Lipinski definition) is 6. The lowest BCUT2D eigenvalue weighted by Crippen LogP contribution is -2.32. The molecule has 0 spiro atoms. The standard InChI is InChI=1S/C18H16N6OS2/c1-2-9-20-18(26)23-21-12-13-16(27-15-8-3-5-10-19-15)22-14-7-4-6-11-24(14)17(13)25/h2-8,10-12H,1,9H2,(H2,20,23,26). The van der Waals surface area contributed by atoms with Gasteiger partial charge in [-0.15, -0.1) is 6.58 Å². The van der Waals surface area contributed by atoms with Crippen molar-refractivity contribution in [3.63, 3.8) is 0 Å². The molecule has 0 aromatic carbocycles. The normalized spacial score (nSPS) is 10.8. The molecule has 7 nitrogen and oxygen atoms in total. The summed E-state index contributed by atoms with van der Waals surface area (Å²) in [6.07, 6.45) is 6.46. The van der Waals surface area contributed by atoms with Gasteiger partial charge in [-0.2, -0.15) is 5.10 Å². The first-order chi connectivity index (χ1) is 13.2. The van der Waals surface area contributed by atoms with Crippen molar-refractivity contribution >= 4 is 41.0 Å². The maximum Gasteiger partial charge on any atom is 0.267 e. The topological polar surface area (TPSA) is 83.7 Å². The molecule has 2 N–H and O–H groups in total. The summed E-state index contributed by atoms with van der Waals surface area (Å²) in [5.74, 6) is 0. The highest BCUT2D eigenvalue weighted by Crippen LogP contribution is 2.25. The van der Waals surface area contributed by atoms with Crippen LogP contribution in [-0.4, -0.2) is 32.2 Å². The average Bonchev–Trinajstić information content (AvgIpc) is 2.69. The summed E-state index contributed by atoms with van der Waals surface area (Å²) in [6.45, 7) is 4.12. The van der Waals surface area contributed by atoms with Crippen molar-refractivity contribution in [3.8, 4) is 0 Å². The SMILES string of the molecule is C=CCNC(=S)NN=Cc1c(Sc2ccccn2)nc2ccccn2c1=O. The van der Waals surface area contributed by atoms with Crippen molar-refractivity contribution in [2.45, 2.75) is 10.1 Å². The largest absolute Gasteiger partial charge is 0.358 e. The highest BCUT2D eigenvalue weighted by Gasteiger charge is 2.13. The summed E-state index contributed by atoms with van der Waals surface area (Å²) in [5.41, 5.74) is 3.34. The van der Waals surface area contributed by atoms with Crippen LogP contribution in [0.25, 0.3) is 5.65 Å². The molecule has 3 aromatic rings. The summed E-state index contributed by atoms with van der Waals surface area (Å²) in [7, 11) is 0. The molecule has 3 aromatic heterocycles. The lowest BCUT2D eigenvalue weighted by Gasteiger charge is -2.08. The maximum atomic E-state index is 12.9. The smallest absolute Gasteiger partial charge is 0.267 e. The van der Waals surface area contributed by atoms with Gasteiger partial charge >= 0.3 is 0 Å². The molecule has 0 bridgehead atoms. The van der Waals surface area contributed by atoms with E-state index in [2.05, 4.69) is 32.4 Å². The number of hydrogen-bond donors (Lipinski definition) is 2. The molecule has 0 amide bonds. The van der Waals surface area contributed by atoms with E-state index in [1.54, 1.807) is 30.6 Å². The van der Waals surface area contributed by atoms with Gasteiger partial charge in [-0.3, -0.25) is 14.6 Å². The minimum Gasteiger partial charge on any atom is -0.358 e. The van der Waals surface area contributed by atoms with E-state index in [9.17, 15) is 4.79 Å². The van der Waals surface area contributed by atoms with Gasteiger partial charge in [0.15, 0.2) is 5.11 Å². The first-order valence-corrected chi connectivity index (χ1v) is 9.19. The molecule has 0 saturated carbocycles. The Hall–Kier alpha value is -3.04. The molecule has 0 fully saturated rings. The number of thiocarbonyl (C=S) groups is 1. The monoisotopic (exact) mass is 396 g/mol. The van der Waals surface area contributed by atoms with Gasteiger partial charge in [0, 0.05) is 18.9 Å². The fourth-order valence-electron chi connectivity index (χ4n) is 2.14. The van der Waals surface area contributed by atoms with Crippen molar-refractivity contribution in [2.75, 3.05) is 6.54 Å². The van der Waals surface area contributed by atoms with Crippen LogP contribution in [0.2, 0.25) is 0 Å². The van der Waals surface area contributed by atoms with E-state index in [0.717, 1.165) is 5.03 Å². The molecule has 9 heteroatoms. The Morgan fingerprint density at radius 2 is 2.19 bits per heavy atom. The average molecular weight is 397 g/mol. The zero-order chi connectivity index (χ0) is 19.1.